The summed E-state index contributed by atoms with van der Waals surface area (Å²) < 4.78 is 14.1. The van der Waals surface area contributed by atoms with Gasteiger partial charge in [0.15, 0.2) is 0 Å². The Kier molecular flexibility index (Phi) is 5.10. The molecular formula is C13H16BrFN2O3. The third kappa shape index (κ3) is 4.48. The summed E-state index contributed by atoms with van der Waals surface area (Å²) in [5, 5.41) is 13.7. The molecule has 0 bridgehead atoms. The van der Waals surface area contributed by atoms with Gasteiger partial charge in [-0.1, -0.05) is 36.7 Å². The van der Waals surface area contributed by atoms with Crippen molar-refractivity contribution in [3.63, 3.8) is 0 Å². The highest BCUT2D eigenvalue weighted by atomic mass is 79.9. The van der Waals surface area contributed by atoms with E-state index in [2.05, 4.69) is 26.6 Å². The zero-order chi connectivity index (χ0) is 15.5. The number of nitrogens with one attached hydrogen (secondary N) is 2. The zero-order valence-corrected chi connectivity index (χ0v) is 12.9. The van der Waals surface area contributed by atoms with Gasteiger partial charge in [-0.05, 0) is 23.6 Å². The minimum absolute atomic E-state index is 0.0325. The fraction of sp³-hybridized carbons (Fsp3) is 0.385. The number of rotatable bonds is 3. The first-order valence-corrected chi connectivity index (χ1v) is 6.66. The predicted octanol–water partition coefficient (Wildman–Crippen LogP) is 3.21. The van der Waals surface area contributed by atoms with Crippen molar-refractivity contribution < 1.29 is 19.1 Å². The molecule has 1 aromatic carbocycles. The lowest BCUT2D eigenvalue weighted by Gasteiger charge is -2.27. The second-order valence-corrected chi connectivity index (χ2v) is 6.28. The molecule has 0 unspecified atom stereocenters. The SMILES string of the molecule is CC(C)(C)[C@H](NC(=O)Nc1cc(Br)ccc1F)C(=O)O. The Morgan fingerprint density at radius 1 is 1.35 bits per heavy atom. The van der Waals surface area contributed by atoms with Crippen LogP contribution in [0.3, 0.4) is 0 Å². The first kappa shape index (κ1) is 16.4. The summed E-state index contributed by atoms with van der Waals surface area (Å²) in [5.74, 6) is -1.76. The zero-order valence-electron chi connectivity index (χ0n) is 11.3. The van der Waals surface area contributed by atoms with Crippen LogP contribution in [0.5, 0.6) is 0 Å². The molecule has 1 atom stereocenters. The molecule has 0 aliphatic heterocycles. The van der Waals surface area contributed by atoms with Gasteiger partial charge in [0, 0.05) is 4.47 Å². The Morgan fingerprint density at radius 3 is 2.45 bits per heavy atom. The van der Waals surface area contributed by atoms with Crippen LogP contribution in [0.15, 0.2) is 22.7 Å². The quantitative estimate of drug-likeness (QED) is 0.786. The molecule has 0 aliphatic carbocycles. The van der Waals surface area contributed by atoms with E-state index in [-0.39, 0.29) is 5.69 Å². The standard InChI is InChI=1S/C13H16BrFN2O3/c1-13(2,3)10(11(18)19)17-12(20)16-9-6-7(14)4-5-8(9)15/h4-6,10H,1-3H3,(H,18,19)(H2,16,17,20)/t10-/m1/s1. The van der Waals surface area contributed by atoms with Gasteiger partial charge < -0.3 is 15.7 Å². The third-order valence-electron chi connectivity index (χ3n) is 2.57. The number of anilines is 1. The number of carboxylic acids is 1. The van der Waals surface area contributed by atoms with E-state index in [9.17, 15) is 14.0 Å². The summed E-state index contributed by atoms with van der Waals surface area (Å²) in [5.41, 5.74) is -0.700. The van der Waals surface area contributed by atoms with E-state index in [1.807, 2.05) is 0 Å². The number of carbonyl (C=O) groups excluding carboxylic acids is 1. The minimum Gasteiger partial charge on any atom is -0.480 e. The van der Waals surface area contributed by atoms with Gasteiger partial charge in [0.2, 0.25) is 0 Å². The molecule has 2 amide bonds. The molecule has 110 valence electrons. The predicted molar refractivity (Wildman–Crippen MR) is 77.1 cm³/mol. The maximum atomic E-state index is 13.5. The largest absolute Gasteiger partial charge is 0.480 e. The van der Waals surface area contributed by atoms with E-state index >= 15 is 0 Å². The molecule has 0 aromatic heterocycles. The number of hydrogen-bond donors (Lipinski definition) is 3. The number of urea groups is 1. The van der Waals surface area contributed by atoms with Crippen LogP contribution in [0.2, 0.25) is 0 Å². The molecule has 0 saturated carbocycles. The van der Waals surface area contributed by atoms with Gasteiger partial charge in [-0.15, -0.1) is 0 Å². The third-order valence-corrected chi connectivity index (χ3v) is 3.06. The smallest absolute Gasteiger partial charge is 0.326 e. The molecule has 7 heteroatoms. The molecule has 1 rings (SSSR count). The first-order chi connectivity index (χ1) is 9.11. The summed E-state index contributed by atoms with van der Waals surface area (Å²) in [6.07, 6.45) is 0. The van der Waals surface area contributed by atoms with Crippen molar-refractivity contribution in [1.29, 1.82) is 0 Å². The molecule has 0 radical (unpaired) electrons. The Balaban J connectivity index is 2.81. The lowest BCUT2D eigenvalue weighted by Crippen LogP contribution is -2.50. The highest BCUT2D eigenvalue weighted by Crippen LogP contribution is 2.21. The van der Waals surface area contributed by atoms with Gasteiger partial charge in [0.1, 0.15) is 11.9 Å². The molecule has 20 heavy (non-hydrogen) atoms. The number of halogens is 2. The van der Waals surface area contributed by atoms with Crippen LogP contribution in [0.4, 0.5) is 14.9 Å². The van der Waals surface area contributed by atoms with Crippen LogP contribution in [-0.2, 0) is 4.79 Å². The lowest BCUT2D eigenvalue weighted by atomic mass is 9.87. The molecular weight excluding hydrogens is 331 g/mol. The molecule has 0 fully saturated rings. The summed E-state index contributed by atoms with van der Waals surface area (Å²) in [6.45, 7) is 5.06. The number of benzene rings is 1. The van der Waals surface area contributed by atoms with Crippen molar-refractivity contribution in [1.82, 2.24) is 5.32 Å². The van der Waals surface area contributed by atoms with Crippen LogP contribution in [0.25, 0.3) is 0 Å². The molecule has 1 aromatic rings. The summed E-state index contributed by atoms with van der Waals surface area (Å²) in [7, 11) is 0. The van der Waals surface area contributed by atoms with E-state index in [0.29, 0.717) is 4.47 Å². The van der Waals surface area contributed by atoms with E-state index in [4.69, 9.17) is 5.11 Å². The number of hydrogen-bond acceptors (Lipinski definition) is 2. The second kappa shape index (κ2) is 6.21. The molecule has 0 heterocycles. The van der Waals surface area contributed by atoms with Crippen molar-refractivity contribution >= 4 is 33.6 Å². The fourth-order valence-corrected chi connectivity index (χ4v) is 1.89. The summed E-state index contributed by atoms with van der Waals surface area (Å²) >= 11 is 3.16. The van der Waals surface area contributed by atoms with Crippen LogP contribution in [0, 0.1) is 11.2 Å². The van der Waals surface area contributed by atoms with Gasteiger partial charge in [-0.3, -0.25) is 0 Å². The minimum atomic E-state index is -1.15. The highest BCUT2D eigenvalue weighted by Gasteiger charge is 2.32. The molecule has 3 N–H and O–H groups in total. The van der Waals surface area contributed by atoms with Crippen molar-refractivity contribution in [2.45, 2.75) is 26.8 Å². The first-order valence-electron chi connectivity index (χ1n) is 5.86. The van der Waals surface area contributed by atoms with Crippen molar-refractivity contribution in [2.75, 3.05) is 5.32 Å². The Hall–Kier alpha value is -1.63. The van der Waals surface area contributed by atoms with Crippen LogP contribution in [-0.4, -0.2) is 23.1 Å². The molecule has 0 saturated heterocycles. The average molecular weight is 347 g/mol. The van der Waals surface area contributed by atoms with E-state index in [0.717, 1.165) is 0 Å². The number of carboxylic acid groups (broad SMARTS) is 1. The number of aliphatic carboxylic acids is 1. The normalized spacial score (nSPS) is 12.7. The summed E-state index contributed by atoms with van der Waals surface area (Å²) in [6, 6.07) is 2.22. The maximum Gasteiger partial charge on any atom is 0.326 e. The maximum absolute atomic E-state index is 13.5. The van der Waals surface area contributed by atoms with E-state index in [1.54, 1.807) is 20.8 Å². The average Bonchev–Trinajstić information content (AvgIpc) is 2.29. The van der Waals surface area contributed by atoms with Crippen LogP contribution < -0.4 is 10.6 Å². The van der Waals surface area contributed by atoms with Crippen molar-refractivity contribution in [2.24, 2.45) is 5.41 Å². The molecule has 0 aliphatic rings. The molecule has 5 nitrogen and oxygen atoms in total. The van der Waals surface area contributed by atoms with Crippen molar-refractivity contribution in [3.05, 3.63) is 28.5 Å². The van der Waals surface area contributed by atoms with Gasteiger partial charge in [0.25, 0.3) is 0 Å². The van der Waals surface area contributed by atoms with E-state index < -0.39 is 29.3 Å². The summed E-state index contributed by atoms with van der Waals surface area (Å²) in [4.78, 5) is 22.9. The highest BCUT2D eigenvalue weighted by molar-refractivity contribution is 9.10. The fourth-order valence-electron chi connectivity index (χ4n) is 1.53. The van der Waals surface area contributed by atoms with Gasteiger partial charge >= 0.3 is 12.0 Å². The van der Waals surface area contributed by atoms with Gasteiger partial charge in [0.05, 0.1) is 5.69 Å². The van der Waals surface area contributed by atoms with Gasteiger partial charge in [-0.2, -0.15) is 0 Å². The lowest BCUT2D eigenvalue weighted by molar-refractivity contribution is -0.141. The van der Waals surface area contributed by atoms with Crippen LogP contribution in [0.1, 0.15) is 20.8 Å². The van der Waals surface area contributed by atoms with Crippen molar-refractivity contribution in [3.8, 4) is 0 Å². The van der Waals surface area contributed by atoms with Crippen LogP contribution >= 0.6 is 15.9 Å². The Morgan fingerprint density at radius 2 is 1.95 bits per heavy atom. The second-order valence-electron chi connectivity index (χ2n) is 5.36. The Labute approximate surface area is 124 Å². The topological polar surface area (TPSA) is 78.4 Å². The molecule has 0 spiro atoms. The Bertz CT molecular complexity index is 529. The monoisotopic (exact) mass is 346 g/mol. The number of amides is 2. The number of carbonyl (C=O) groups is 2. The van der Waals surface area contributed by atoms with Gasteiger partial charge in [-0.25, -0.2) is 14.0 Å². The van der Waals surface area contributed by atoms with E-state index in [1.165, 1.54) is 18.2 Å².